The van der Waals surface area contributed by atoms with Gasteiger partial charge in [-0.05, 0) is 0 Å². The van der Waals surface area contributed by atoms with Crippen molar-refractivity contribution in [2.75, 3.05) is 0 Å². The van der Waals surface area contributed by atoms with Gasteiger partial charge < -0.3 is 11.5 Å². The van der Waals surface area contributed by atoms with E-state index in [1.807, 2.05) is 0 Å². The quantitative estimate of drug-likeness (QED) is 0.633. The predicted molar refractivity (Wildman–Crippen MR) is 49.3 cm³/mol. The SMILES string of the molecule is C1CCC1.[CH2-]N.[CH2-]N.[Cl][Pt+2][Cl]. The van der Waals surface area contributed by atoms with Gasteiger partial charge in [0.05, 0.1) is 0 Å². The molecule has 0 aromatic heterocycles. The van der Waals surface area contributed by atoms with E-state index < -0.39 is 16.5 Å². The average molecular weight is 382 g/mol. The molecule has 0 radical (unpaired) electrons. The second-order valence-corrected chi connectivity index (χ2v) is 4.74. The molecule has 0 heterocycles. The molecule has 0 amide bonds. The summed E-state index contributed by atoms with van der Waals surface area (Å²) in [6.07, 6.45) is 6.00. The third-order valence-electron chi connectivity index (χ3n) is 1.000. The van der Waals surface area contributed by atoms with Crippen LogP contribution in [0.4, 0.5) is 0 Å². The van der Waals surface area contributed by atoms with Crippen LogP contribution in [0.3, 0.4) is 0 Å². The van der Waals surface area contributed by atoms with Crippen molar-refractivity contribution in [1.29, 1.82) is 0 Å². The van der Waals surface area contributed by atoms with Crippen molar-refractivity contribution < 1.29 is 16.5 Å². The van der Waals surface area contributed by atoms with Gasteiger partial charge in [-0.25, -0.2) is 0 Å². The van der Waals surface area contributed by atoms with Crippen LogP contribution in [0.15, 0.2) is 0 Å². The molecule has 0 aliphatic heterocycles. The molecule has 2 nitrogen and oxygen atoms in total. The molecule has 74 valence electrons. The van der Waals surface area contributed by atoms with Gasteiger partial charge in [-0.2, -0.15) is 0 Å². The number of nitrogens with two attached hydrogens (primary N) is 2. The summed E-state index contributed by atoms with van der Waals surface area (Å²) in [6, 6.07) is 0. The number of halogens is 2. The van der Waals surface area contributed by atoms with Gasteiger partial charge in [0.2, 0.25) is 0 Å². The summed E-state index contributed by atoms with van der Waals surface area (Å²) in [4.78, 5) is 0. The fourth-order valence-corrected chi connectivity index (χ4v) is 0.250. The van der Waals surface area contributed by atoms with Crippen LogP contribution in [0.25, 0.3) is 0 Å². The van der Waals surface area contributed by atoms with E-state index in [9.17, 15) is 0 Å². The van der Waals surface area contributed by atoms with Gasteiger partial charge in [-0.15, -0.1) is 0 Å². The van der Waals surface area contributed by atoms with Crippen LogP contribution in [0, 0.1) is 14.1 Å². The Labute approximate surface area is 86.4 Å². The first kappa shape index (κ1) is 18.1. The zero-order valence-electron chi connectivity index (χ0n) is 6.47. The fourth-order valence-electron chi connectivity index (χ4n) is 0.250. The third kappa shape index (κ3) is 35.1. The van der Waals surface area contributed by atoms with Gasteiger partial charge in [0.15, 0.2) is 0 Å². The van der Waals surface area contributed by atoms with E-state index >= 15 is 0 Å². The Balaban J connectivity index is -0.0000000835. The minimum absolute atomic E-state index is 0.472. The van der Waals surface area contributed by atoms with E-state index in [1.165, 1.54) is 25.7 Å². The second kappa shape index (κ2) is 30.3. The standard InChI is InChI=1S/C4H8.2CH4N.2ClH.Pt/c1-2-4-3-1;2*1-2;;;/h1-4H2;2*1-2H2;2*1H;/q;2*-1;;;+4/p-2. The predicted octanol–water partition coefficient (Wildman–Crippen LogP) is 2.41. The van der Waals surface area contributed by atoms with Gasteiger partial charge >= 0.3 is 35.3 Å². The number of hydrogen-bond acceptors (Lipinski definition) is 2. The first-order valence-corrected chi connectivity index (χ1v) is 8.69. The monoisotopic (exact) mass is 381 g/mol. The van der Waals surface area contributed by atoms with Crippen molar-refractivity contribution in [3.8, 4) is 0 Å². The topological polar surface area (TPSA) is 52.0 Å². The van der Waals surface area contributed by atoms with Crippen molar-refractivity contribution in [2.24, 2.45) is 11.5 Å². The van der Waals surface area contributed by atoms with Crippen LogP contribution in [0.5, 0.6) is 0 Å². The minimum atomic E-state index is -0.472. The Morgan fingerprint density at radius 1 is 0.818 bits per heavy atom. The summed E-state index contributed by atoms with van der Waals surface area (Å²) < 4.78 is 0. The molecule has 1 aliphatic carbocycles. The first-order chi connectivity index (χ1) is 5.41. The van der Waals surface area contributed by atoms with Crippen molar-refractivity contribution in [3.63, 3.8) is 0 Å². The summed E-state index contributed by atoms with van der Waals surface area (Å²) in [5, 5.41) is 0. The summed E-state index contributed by atoms with van der Waals surface area (Å²) >= 11 is -0.472. The van der Waals surface area contributed by atoms with Gasteiger partial charge in [-0.1, -0.05) is 25.7 Å². The zero-order valence-corrected chi connectivity index (χ0v) is 10.3. The fraction of sp³-hybridized carbons (Fsp3) is 0.667. The summed E-state index contributed by atoms with van der Waals surface area (Å²) in [6.45, 7) is 0. The van der Waals surface area contributed by atoms with E-state index in [1.54, 1.807) is 0 Å². The molecule has 1 fully saturated rings. The Hall–Kier alpha value is 1.19. The molecule has 11 heavy (non-hydrogen) atoms. The molecule has 0 atom stereocenters. The first-order valence-electron chi connectivity index (χ1n) is 3.06. The molecule has 1 rings (SSSR count). The van der Waals surface area contributed by atoms with Crippen LogP contribution in [-0.4, -0.2) is 0 Å². The van der Waals surface area contributed by atoms with Crippen molar-refractivity contribution in [1.82, 2.24) is 0 Å². The molecule has 4 N–H and O–H groups in total. The maximum absolute atomic E-state index is 4.88. The molecule has 0 unspecified atom stereocenters. The van der Waals surface area contributed by atoms with E-state index in [-0.39, 0.29) is 0 Å². The molecule has 5 heteroatoms. The summed E-state index contributed by atoms with van der Waals surface area (Å²) in [5.74, 6) is 0. The van der Waals surface area contributed by atoms with E-state index in [0.717, 1.165) is 0 Å². The Morgan fingerprint density at radius 3 is 0.909 bits per heavy atom. The van der Waals surface area contributed by atoms with Gasteiger partial charge in [0.1, 0.15) is 0 Å². The Bertz CT molecular complexity index is 33.8. The number of hydrogen-bond donors (Lipinski definition) is 2. The van der Waals surface area contributed by atoms with E-state index in [2.05, 4.69) is 25.6 Å². The molecular weight excluding hydrogens is 366 g/mol. The average Bonchev–Trinajstić information content (AvgIpc) is 1.93. The van der Waals surface area contributed by atoms with Gasteiger partial charge in [-0.3, -0.25) is 14.1 Å². The second-order valence-electron chi connectivity index (χ2n) is 1.46. The molecule has 1 saturated carbocycles. The zero-order chi connectivity index (χ0) is 9.54. The van der Waals surface area contributed by atoms with Gasteiger partial charge in [0.25, 0.3) is 0 Å². The van der Waals surface area contributed by atoms with Crippen LogP contribution < -0.4 is 11.5 Å². The summed E-state index contributed by atoms with van der Waals surface area (Å²) in [5.41, 5.74) is 8.50. The summed E-state index contributed by atoms with van der Waals surface area (Å²) in [7, 11) is 15.2. The van der Waals surface area contributed by atoms with Crippen LogP contribution >= 0.6 is 18.8 Å². The number of rotatable bonds is 0. The molecule has 0 aromatic carbocycles. The molecule has 0 bridgehead atoms. The van der Waals surface area contributed by atoms with Gasteiger partial charge in [0, 0.05) is 0 Å². The van der Waals surface area contributed by atoms with Crippen molar-refractivity contribution in [2.45, 2.75) is 25.7 Å². The molecule has 0 spiro atoms. The van der Waals surface area contributed by atoms with E-state index in [4.69, 9.17) is 18.8 Å². The Kier molecular flexibility index (Phi) is 49.8. The third-order valence-corrected chi connectivity index (χ3v) is 1.000. The van der Waals surface area contributed by atoms with Crippen molar-refractivity contribution >= 4 is 18.8 Å². The normalized spacial score (nSPS) is 11.8. The molecular formula is C6H16Cl2N2Pt. The molecule has 0 saturated heterocycles. The van der Waals surface area contributed by atoms with Crippen molar-refractivity contribution in [3.05, 3.63) is 14.1 Å². The maximum atomic E-state index is 4.88. The Morgan fingerprint density at radius 2 is 0.909 bits per heavy atom. The van der Waals surface area contributed by atoms with E-state index in [0.29, 0.717) is 0 Å². The van der Waals surface area contributed by atoms with Crippen LogP contribution in [0.2, 0.25) is 0 Å². The van der Waals surface area contributed by atoms with Crippen LogP contribution in [0.1, 0.15) is 25.7 Å². The molecule has 0 aromatic rings. The molecule has 1 aliphatic rings. The van der Waals surface area contributed by atoms with Crippen LogP contribution in [-0.2, 0) is 16.5 Å².